The molecule has 0 saturated heterocycles. The number of halogens is 3. The third-order valence-corrected chi connectivity index (χ3v) is 6.35. The van der Waals surface area contributed by atoms with Crippen LogP contribution in [0.15, 0.2) is 71.6 Å². The number of amides is 1. The first kappa shape index (κ1) is 24.2. The number of carbonyl (C=O) groups excluding carboxylic acids is 1. The number of rotatable bonds is 8. The summed E-state index contributed by atoms with van der Waals surface area (Å²) in [6.45, 7) is 1.82. The monoisotopic (exact) mass is 512 g/mol. The lowest BCUT2D eigenvalue weighted by Crippen LogP contribution is -2.32. The van der Waals surface area contributed by atoms with E-state index in [1.165, 1.54) is 42.5 Å². The molecule has 6 nitrogen and oxygen atoms in total. The van der Waals surface area contributed by atoms with Crippen LogP contribution in [0.3, 0.4) is 0 Å². The molecule has 3 aromatic rings. The van der Waals surface area contributed by atoms with Crippen molar-refractivity contribution in [2.24, 2.45) is 0 Å². The molecule has 10 heteroatoms. The van der Waals surface area contributed by atoms with Crippen molar-refractivity contribution >= 4 is 62.1 Å². The number of sulfonamides is 1. The minimum atomic E-state index is -3.88. The maximum absolute atomic E-state index is 12.6. The van der Waals surface area contributed by atoms with Crippen molar-refractivity contribution in [1.29, 1.82) is 0 Å². The van der Waals surface area contributed by atoms with E-state index in [-0.39, 0.29) is 16.5 Å². The van der Waals surface area contributed by atoms with Crippen LogP contribution < -0.4 is 14.8 Å². The van der Waals surface area contributed by atoms with Gasteiger partial charge in [0.15, 0.2) is 6.10 Å². The Labute approximate surface area is 201 Å². The maximum Gasteiger partial charge on any atom is 0.265 e. The average Bonchev–Trinajstić information content (AvgIpc) is 2.71. The van der Waals surface area contributed by atoms with Crippen LogP contribution in [-0.2, 0) is 14.8 Å². The standard InChI is InChI=1S/C22H19Cl3N2O4S/c1-2-21(31-19-5-3-4-14(23)13-19)22(28)26-17-6-8-20(9-7-17)32(29,30)27-18-11-15(24)10-16(25)12-18/h3-13,21,27H,2H2,1H3,(H,26,28)/t21-/m1/s1. The Kier molecular flexibility index (Phi) is 7.90. The highest BCUT2D eigenvalue weighted by Crippen LogP contribution is 2.25. The van der Waals surface area contributed by atoms with Crippen LogP contribution in [0.2, 0.25) is 15.1 Å². The Bertz CT molecular complexity index is 1200. The molecule has 1 atom stereocenters. The molecule has 1 amide bonds. The predicted molar refractivity (Wildman–Crippen MR) is 129 cm³/mol. The Hall–Kier alpha value is -2.45. The Morgan fingerprint density at radius 1 is 0.906 bits per heavy atom. The SMILES string of the molecule is CC[C@@H](Oc1cccc(Cl)c1)C(=O)Nc1ccc(S(=O)(=O)Nc2cc(Cl)cc(Cl)c2)cc1. The summed E-state index contributed by atoms with van der Waals surface area (Å²) in [6.07, 6.45) is -0.317. The summed E-state index contributed by atoms with van der Waals surface area (Å²) < 4.78 is 33.4. The number of benzene rings is 3. The molecular weight excluding hydrogens is 495 g/mol. The van der Waals surface area contributed by atoms with Crippen molar-refractivity contribution in [3.05, 3.63) is 81.8 Å². The van der Waals surface area contributed by atoms with Crippen molar-refractivity contribution in [3.8, 4) is 5.75 Å². The fourth-order valence-electron chi connectivity index (χ4n) is 2.79. The topological polar surface area (TPSA) is 84.5 Å². The fourth-order valence-corrected chi connectivity index (χ4v) is 4.54. The number of ether oxygens (including phenoxy) is 1. The van der Waals surface area contributed by atoms with E-state index in [1.54, 1.807) is 24.3 Å². The second kappa shape index (κ2) is 10.4. The largest absolute Gasteiger partial charge is 0.481 e. The summed E-state index contributed by atoms with van der Waals surface area (Å²) in [6, 6.07) is 16.9. The molecule has 0 radical (unpaired) electrons. The van der Waals surface area contributed by atoms with E-state index >= 15 is 0 Å². The van der Waals surface area contributed by atoms with Crippen LogP contribution in [0.25, 0.3) is 0 Å². The van der Waals surface area contributed by atoms with E-state index in [9.17, 15) is 13.2 Å². The zero-order chi connectivity index (χ0) is 23.3. The van der Waals surface area contributed by atoms with Gasteiger partial charge in [-0.3, -0.25) is 9.52 Å². The Morgan fingerprint density at radius 2 is 1.56 bits per heavy atom. The number of anilines is 2. The Balaban J connectivity index is 1.68. The number of nitrogens with one attached hydrogen (secondary N) is 2. The van der Waals surface area contributed by atoms with Crippen molar-refractivity contribution in [2.45, 2.75) is 24.3 Å². The van der Waals surface area contributed by atoms with Gasteiger partial charge in [0, 0.05) is 20.8 Å². The van der Waals surface area contributed by atoms with Crippen molar-refractivity contribution in [1.82, 2.24) is 0 Å². The van der Waals surface area contributed by atoms with Crippen LogP contribution in [0.4, 0.5) is 11.4 Å². The lowest BCUT2D eigenvalue weighted by Gasteiger charge is -2.17. The van der Waals surface area contributed by atoms with Gasteiger partial charge in [0.25, 0.3) is 15.9 Å². The molecule has 0 unspecified atom stereocenters. The fraction of sp³-hybridized carbons (Fsp3) is 0.136. The molecule has 0 heterocycles. The second-order valence-electron chi connectivity index (χ2n) is 6.75. The van der Waals surface area contributed by atoms with Crippen molar-refractivity contribution in [2.75, 3.05) is 10.0 Å². The lowest BCUT2D eigenvalue weighted by atomic mass is 10.2. The van der Waals surface area contributed by atoms with Crippen molar-refractivity contribution < 1.29 is 17.9 Å². The molecule has 3 aromatic carbocycles. The zero-order valence-corrected chi connectivity index (χ0v) is 19.9. The molecule has 32 heavy (non-hydrogen) atoms. The molecule has 0 aliphatic carbocycles. The van der Waals surface area contributed by atoms with Gasteiger partial charge < -0.3 is 10.1 Å². The molecule has 2 N–H and O–H groups in total. The summed E-state index contributed by atoms with van der Waals surface area (Å²) in [4.78, 5) is 12.6. The van der Waals surface area contributed by atoms with Gasteiger partial charge in [-0.1, -0.05) is 47.8 Å². The highest BCUT2D eigenvalue weighted by atomic mass is 35.5. The molecule has 0 spiro atoms. The van der Waals surface area contributed by atoms with E-state index in [4.69, 9.17) is 39.5 Å². The Morgan fingerprint density at radius 3 is 2.16 bits per heavy atom. The summed E-state index contributed by atoms with van der Waals surface area (Å²) in [7, 11) is -3.88. The van der Waals surface area contributed by atoms with E-state index in [0.29, 0.717) is 32.9 Å². The first-order chi connectivity index (χ1) is 15.2. The number of hydrogen-bond acceptors (Lipinski definition) is 4. The van der Waals surface area contributed by atoms with E-state index in [0.717, 1.165) is 0 Å². The molecular formula is C22H19Cl3N2O4S. The minimum absolute atomic E-state index is 0.00816. The average molecular weight is 514 g/mol. The van der Waals surface area contributed by atoms with E-state index in [2.05, 4.69) is 10.0 Å². The number of hydrogen-bond donors (Lipinski definition) is 2. The van der Waals surface area contributed by atoms with Crippen LogP contribution in [0.5, 0.6) is 5.75 Å². The smallest absolute Gasteiger partial charge is 0.265 e. The second-order valence-corrected chi connectivity index (χ2v) is 9.74. The van der Waals surface area contributed by atoms with Gasteiger partial charge in [-0.25, -0.2) is 8.42 Å². The summed E-state index contributed by atoms with van der Waals surface area (Å²) in [5.74, 6) is 0.114. The molecule has 0 fully saturated rings. The molecule has 3 rings (SSSR count). The lowest BCUT2D eigenvalue weighted by molar-refractivity contribution is -0.122. The quantitative estimate of drug-likeness (QED) is 0.373. The van der Waals surface area contributed by atoms with Crippen LogP contribution in [-0.4, -0.2) is 20.4 Å². The summed E-state index contributed by atoms with van der Waals surface area (Å²) in [5, 5.41) is 3.84. The third kappa shape index (κ3) is 6.53. The van der Waals surface area contributed by atoms with Crippen LogP contribution >= 0.6 is 34.8 Å². The van der Waals surface area contributed by atoms with E-state index < -0.39 is 16.1 Å². The molecule has 0 aliphatic rings. The first-order valence-electron chi connectivity index (χ1n) is 9.48. The van der Waals surface area contributed by atoms with Gasteiger partial charge in [0.05, 0.1) is 10.6 Å². The van der Waals surface area contributed by atoms with Gasteiger partial charge in [0.1, 0.15) is 5.75 Å². The van der Waals surface area contributed by atoms with Gasteiger partial charge in [-0.15, -0.1) is 0 Å². The molecule has 0 aromatic heterocycles. The van der Waals surface area contributed by atoms with Crippen LogP contribution in [0, 0.1) is 0 Å². The maximum atomic E-state index is 12.6. The molecule has 0 saturated carbocycles. The van der Waals surface area contributed by atoms with E-state index in [1.807, 2.05) is 6.92 Å². The van der Waals surface area contributed by atoms with Gasteiger partial charge >= 0.3 is 0 Å². The van der Waals surface area contributed by atoms with Crippen molar-refractivity contribution in [3.63, 3.8) is 0 Å². The highest BCUT2D eigenvalue weighted by Gasteiger charge is 2.20. The molecule has 0 aliphatic heterocycles. The first-order valence-corrected chi connectivity index (χ1v) is 12.1. The predicted octanol–water partition coefficient (Wildman–Crippen LogP) is 6.24. The number of carbonyl (C=O) groups is 1. The van der Waals surface area contributed by atoms with Crippen LogP contribution in [0.1, 0.15) is 13.3 Å². The van der Waals surface area contributed by atoms with Gasteiger partial charge in [0.2, 0.25) is 0 Å². The summed E-state index contributed by atoms with van der Waals surface area (Å²) >= 11 is 17.8. The normalized spacial score (nSPS) is 12.1. The highest BCUT2D eigenvalue weighted by molar-refractivity contribution is 7.92. The summed E-state index contributed by atoms with van der Waals surface area (Å²) in [5.41, 5.74) is 0.664. The zero-order valence-electron chi connectivity index (χ0n) is 16.8. The van der Waals surface area contributed by atoms with Gasteiger partial charge in [-0.05, 0) is 67.1 Å². The van der Waals surface area contributed by atoms with Gasteiger partial charge in [-0.2, -0.15) is 0 Å². The molecule has 0 bridgehead atoms. The third-order valence-electron chi connectivity index (χ3n) is 4.28. The molecule has 168 valence electrons. The minimum Gasteiger partial charge on any atom is -0.481 e.